The maximum atomic E-state index is 12.0. The van der Waals surface area contributed by atoms with Crippen LogP contribution in [-0.2, 0) is 19.3 Å². The van der Waals surface area contributed by atoms with E-state index in [0.717, 1.165) is 25.7 Å². The average Bonchev–Trinajstić information content (AvgIpc) is 3.44. The Bertz CT molecular complexity index is 366. The smallest absolute Gasteiger partial charge is 0.383 e. The Morgan fingerprint density at radius 2 is 1.00 bits per heavy atom. The van der Waals surface area contributed by atoms with E-state index in [1.54, 1.807) is 0 Å². The minimum atomic E-state index is -1.04. The van der Waals surface area contributed by atoms with E-state index in [9.17, 15) is 4.79 Å². The molecule has 0 aromatic rings. The standard InChI is InChI=1S/C24H46O4/c1-3-5-7-9-11-13-15-17-19-21-23(25)26-24(27-28-24)22-20-18-16-14-12-10-8-6-4-2/h3-22H2,1-2H3. The van der Waals surface area contributed by atoms with Crippen molar-refractivity contribution < 1.29 is 19.3 Å². The molecule has 1 fully saturated rings. The van der Waals surface area contributed by atoms with Crippen LogP contribution in [0.4, 0.5) is 0 Å². The second-order valence-corrected chi connectivity index (χ2v) is 8.48. The molecule has 0 aliphatic carbocycles. The molecule has 0 bridgehead atoms. The summed E-state index contributed by atoms with van der Waals surface area (Å²) in [6, 6.07) is 0. The van der Waals surface area contributed by atoms with E-state index >= 15 is 0 Å². The van der Waals surface area contributed by atoms with Crippen molar-refractivity contribution >= 4 is 5.97 Å². The van der Waals surface area contributed by atoms with Crippen molar-refractivity contribution in [2.75, 3.05) is 0 Å². The quantitative estimate of drug-likeness (QED) is 0.0850. The Kier molecular flexibility index (Phi) is 15.7. The van der Waals surface area contributed by atoms with Gasteiger partial charge in [0.1, 0.15) is 0 Å². The summed E-state index contributed by atoms with van der Waals surface area (Å²) < 4.78 is 5.41. The highest BCUT2D eigenvalue weighted by atomic mass is 17.5. The number of rotatable bonds is 21. The molecule has 1 rings (SSSR count). The lowest BCUT2D eigenvalue weighted by Crippen LogP contribution is -2.20. The van der Waals surface area contributed by atoms with Crippen LogP contribution < -0.4 is 0 Å². The molecule has 0 radical (unpaired) electrons. The summed E-state index contributed by atoms with van der Waals surface area (Å²) in [4.78, 5) is 22.0. The first kappa shape index (κ1) is 25.4. The number of ether oxygens (including phenoxy) is 1. The van der Waals surface area contributed by atoms with Crippen LogP contribution in [0.15, 0.2) is 0 Å². The Labute approximate surface area is 174 Å². The van der Waals surface area contributed by atoms with Gasteiger partial charge in [0, 0.05) is 12.8 Å². The first-order chi connectivity index (χ1) is 13.7. The minimum Gasteiger partial charge on any atom is -0.404 e. The molecular formula is C24H46O4. The fourth-order valence-electron chi connectivity index (χ4n) is 3.67. The summed E-state index contributed by atoms with van der Waals surface area (Å²) in [7, 11) is 0. The third-order valence-electron chi connectivity index (χ3n) is 5.61. The molecule has 0 aromatic heterocycles. The van der Waals surface area contributed by atoms with Crippen LogP contribution in [0.25, 0.3) is 0 Å². The number of unbranched alkanes of at least 4 members (excludes halogenated alkanes) is 16. The van der Waals surface area contributed by atoms with Crippen molar-refractivity contribution in [3.63, 3.8) is 0 Å². The Morgan fingerprint density at radius 3 is 1.43 bits per heavy atom. The third-order valence-corrected chi connectivity index (χ3v) is 5.61. The van der Waals surface area contributed by atoms with Crippen molar-refractivity contribution in [3.8, 4) is 0 Å². The van der Waals surface area contributed by atoms with Crippen molar-refractivity contribution in [1.82, 2.24) is 0 Å². The summed E-state index contributed by atoms with van der Waals surface area (Å²) in [6.45, 7) is 4.50. The second kappa shape index (κ2) is 17.3. The van der Waals surface area contributed by atoms with E-state index in [0.29, 0.717) is 12.8 Å². The van der Waals surface area contributed by atoms with E-state index < -0.39 is 5.97 Å². The fourth-order valence-corrected chi connectivity index (χ4v) is 3.67. The van der Waals surface area contributed by atoms with Crippen LogP contribution in [0, 0.1) is 0 Å². The zero-order valence-electron chi connectivity index (χ0n) is 18.8. The van der Waals surface area contributed by atoms with Gasteiger partial charge < -0.3 is 4.74 Å². The van der Waals surface area contributed by atoms with E-state index in [1.165, 1.54) is 89.9 Å². The van der Waals surface area contributed by atoms with Gasteiger partial charge in [-0.15, -0.1) is 0 Å². The minimum absolute atomic E-state index is 0.184. The van der Waals surface area contributed by atoms with E-state index in [4.69, 9.17) is 14.5 Å². The largest absolute Gasteiger partial charge is 0.404 e. The van der Waals surface area contributed by atoms with Gasteiger partial charge in [-0.25, -0.2) is 0 Å². The lowest BCUT2D eigenvalue weighted by Gasteiger charge is -2.09. The van der Waals surface area contributed by atoms with Crippen molar-refractivity contribution in [3.05, 3.63) is 0 Å². The van der Waals surface area contributed by atoms with E-state index in [2.05, 4.69) is 13.8 Å². The summed E-state index contributed by atoms with van der Waals surface area (Å²) in [5, 5.41) is 0. The normalized spacial score (nSPS) is 14.9. The van der Waals surface area contributed by atoms with Gasteiger partial charge in [0.15, 0.2) is 0 Å². The van der Waals surface area contributed by atoms with Gasteiger partial charge in [0.2, 0.25) is 0 Å². The van der Waals surface area contributed by atoms with E-state index in [1.807, 2.05) is 0 Å². The molecule has 1 aliphatic rings. The zero-order chi connectivity index (χ0) is 20.3. The SMILES string of the molecule is CCCCCCCCCCCC(=O)OC1(CCCCCCCCCCC)OO1. The van der Waals surface area contributed by atoms with Crippen LogP contribution in [0.1, 0.15) is 142 Å². The maximum Gasteiger partial charge on any atom is 0.383 e. The molecule has 0 saturated carbocycles. The highest BCUT2D eigenvalue weighted by Gasteiger charge is 2.53. The first-order valence-electron chi connectivity index (χ1n) is 12.3. The van der Waals surface area contributed by atoms with Gasteiger partial charge >= 0.3 is 11.9 Å². The van der Waals surface area contributed by atoms with Gasteiger partial charge in [-0.2, -0.15) is 9.78 Å². The molecule has 28 heavy (non-hydrogen) atoms. The molecule has 4 heteroatoms. The van der Waals surface area contributed by atoms with Crippen LogP contribution >= 0.6 is 0 Å². The van der Waals surface area contributed by atoms with Crippen LogP contribution in [0.5, 0.6) is 0 Å². The molecule has 0 aromatic carbocycles. The molecule has 4 nitrogen and oxygen atoms in total. The Hall–Kier alpha value is -0.610. The van der Waals surface area contributed by atoms with Crippen LogP contribution in [0.2, 0.25) is 0 Å². The van der Waals surface area contributed by atoms with Crippen molar-refractivity contribution in [2.24, 2.45) is 0 Å². The molecule has 0 unspecified atom stereocenters. The number of esters is 1. The monoisotopic (exact) mass is 398 g/mol. The summed E-state index contributed by atoms with van der Waals surface area (Å²) in [5.41, 5.74) is 0. The predicted octanol–water partition coefficient (Wildman–Crippen LogP) is 7.99. The van der Waals surface area contributed by atoms with Gasteiger partial charge in [0.05, 0.1) is 0 Å². The number of hydrogen-bond donors (Lipinski definition) is 0. The summed E-state index contributed by atoms with van der Waals surface area (Å²) in [5.74, 6) is -1.23. The highest BCUT2D eigenvalue weighted by Crippen LogP contribution is 2.37. The number of carbonyl (C=O) groups is 1. The molecule has 0 N–H and O–H groups in total. The van der Waals surface area contributed by atoms with Crippen molar-refractivity contribution in [1.29, 1.82) is 0 Å². The second-order valence-electron chi connectivity index (χ2n) is 8.48. The molecular weight excluding hydrogens is 352 g/mol. The summed E-state index contributed by atoms with van der Waals surface area (Å²) in [6.07, 6.45) is 23.8. The molecule has 1 saturated heterocycles. The lowest BCUT2D eigenvalue weighted by atomic mass is 10.1. The lowest BCUT2D eigenvalue weighted by molar-refractivity contribution is -0.162. The van der Waals surface area contributed by atoms with Gasteiger partial charge in [-0.3, -0.25) is 4.79 Å². The van der Waals surface area contributed by atoms with Gasteiger partial charge in [0.25, 0.3) is 0 Å². The summed E-state index contributed by atoms with van der Waals surface area (Å²) >= 11 is 0. The maximum absolute atomic E-state index is 12.0. The predicted molar refractivity (Wildman–Crippen MR) is 115 cm³/mol. The molecule has 0 atom stereocenters. The zero-order valence-corrected chi connectivity index (χ0v) is 18.8. The van der Waals surface area contributed by atoms with Gasteiger partial charge in [-0.1, -0.05) is 117 Å². The van der Waals surface area contributed by atoms with Gasteiger partial charge in [-0.05, 0) is 12.8 Å². The highest BCUT2D eigenvalue weighted by molar-refractivity contribution is 5.69. The average molecular weight is 399 g/mol. The van der Waals surface area contributed by atoms with Crippen LogP contribution in [-0.4, -0.2) is 11.9 Å². The molecule has 166 valence electrons. The molecule has 1 aliphatic heterocycles. The molecule has 1 heterocycles. The third kappa shape index (κ3) is 14.4. The van der Waals surface area contributed by atoms with E-state index in [-0.39, 0.29) is 5.97 Å². The van der Waals surface area contributed by atoms with Crippen molar-refractivity contribution in [2.45, 2.75) is 148 Å². The topological polar surface area (TPSA) is 51.4 Å². The Balaban J connectivity index is 1.89. The fraction of sp³-hybridized carbons (Fsp3) is 0.958. The number of hydrogen-bond acceptors (Lipinski definition) is 4. The molecule has 0 spiro atoms. The first-order valence-corrected chi connectivity index (χ1v) is 12.3. The Morgan fingerprint density at radius 1 is 0.607 bits per heavy atom. The van der Waals surface area contributed by atoms with Crippen LogP contribution in [0.3, 0.4) is 0 Å². The molecule has 0 amide bonds. The number of carbonyl (C=O) groups excluding carboxylic acids is 1.